The molecule has 1 aliphatic heterocycles. The molecule has 24 heavy (non-hydrogen) atoms. The van der Waals surface area contributed by atoms with Gasteiger partial charge in [0.05, 0.1) is 12.2 Å². The van der Waals surface area contributed by atoms with E-state index in [1.807, 2.05) is 0 Å². The highest BCUT2D eigenvalue weighted by Crippen LogP contribution is 2.33. The number of carbonyl (C=O) groups excluding carboxylic acids is 2. The van der Waals surface area contributed by atoms with Gasteiger partial charge in [-0.3, -0.25) is 4.79 Å². The summed E-state index contributed by atoms with van der Waals surface area (Å²) in [5, 5.41) is 10.9. The molecule has 1 unspecified atom stereocenters. The topological polar surface area (TPSA) is 114 Å². The summed E-state index contributed by atoms with van der Waals surface area (Å²) < 4.78 is 12.0. The number of aromatic nitrogens is 2. The van der Waals surface area contributed by atoms with Gasteiger partial charge in [0.1, 0.15) is 12.7 Å². The minimum absolute atomic E-state index is 0.0443. The van der Waals surface area contributed by atoms with E-state index in [1.165, 1.54) is 10.8 Å². The van der Waals surface area contributed by atoms with Gasteiger partial charge in [-0.2, -0.15) is 0 Å². The molecule has 1 aromatic heterocycles. The van der Waals surface area contributed by atoms with Crippen LogP contribution < -0.4 is 0 Å². The molecule has 2 heterocycles. The minimum atomic E-state index is -1.00. The summed E-state index contributed by atoms with van der Waals surface area (Å²) in [6.45, 7) is 1.85. The summed E-state index contributed by atoms with van der Waals surface area (Å²) >= 11 is 0. The third-order valence-corrected chi connectivity index (χ3v) is 3.74. The van der Waals surface area contributed by atoms with Crippen molar-refractivity contribution in [1.29, 1.82) is 0 Å². The lowest BCUT2D eigenvalue weighted by atomic mass is 10.0. The normalized spacial score (nSPS) is 15.9. The van der Waals surface area contributed by atoms with Gasteiger partial charge in [0.25, 0.3) is 0 Å². The summed E-state index contributed by atoms with van der Waals surface area (Å²) in [4.78, 5) is 37.2. The maximum absolute atomic E-state index is 11.8. The summed E-state index contributed by atoms with van der Waals surface area (Å²) in [7, 11) is 0. The van der Waals surface area contributed by atoms with Crippen LogP contribution in [0.15, 0.2) is 24.4 Å². The van der Waals surface area contributed by atoms with E-state index in [0.717, 1.165) is 0 Å². The van der Waals surface area contributed by atoms with Gasteiger partial charge < -0.3 is 19.6 Å². The summed E-state index contributed by atoms with van der Waals surface area (Å²) in [5.41, 5.74) is 0.983. The molecule has 124 valence electrons. The van der Waals surface area contributed by atoms with Gasteiger partial charge in [-0.1, -0.05) is 12.1 Å². The number of esters is 1. The van der Waals surface area contributed by atoms with E-state index in [-0.39, 0.29) is 24.5 Å². The average Bonchev–Trinajstić information content (AvgIpc) is 3.09. The average molecular weight is 331 g/mol. The highest BCUT2D eigenvalue weighted by atomic mass is 16.7. The number of imidazole rings is 1. The maximum atomic E-state index is 11.8. The molecule has 0 saturated carbocycles. The van der Waals surface area contributed by atoms with Crippen molar-refractivity contribution < 1.29 is 24.0 Å². The van der Waals surface area contributed by atoms with Gasteiger partial charge in [-0.25, -0.2) is 14.3 Å². The Bertz CT molecular complexity index is 829. The molecular weight excluding hydrogens is 318 g/mol. The molecule has 9 heteroatoms. The molecule has 0 fully saturated rings. The maximum Gasteiger partial charge on any atom is 0.342 e. The van der Waals surface area contributed by atoms with Crippen LogP contribution in [0.25, 0.3) is 0 Å². The number of aldehydes is 1. The highest BCUT2D eigenvalue weighted by Gasteiger charge is 2.34. The third-order valence-electron chi connectivity index (χ3n) is 3.74. The van der Waals surface area contributed by atoms with Gasteiger partial charge in [-0.15, -0.1) is 0 Å². The predicted octanol–water partition coefficient (Wildman–Crippen LogP) is 1.80. The molecule has 0 N–H and O–H groups in total. The van der Waals surface area contributed by atoms with E-state index < -0.39 is 17.2 Å². The standard InChI is InChI=1S/C15H13N3O6/c1-9-16-7-12(18(21)22)17(9)5-6-23-15-13-10(8-19)3-2-4-11(13)14(20)24-15/h2-4,7-8,15H,5-6H2,1H3. The van der Waals surface area contributed by atoms with Gasteiger partial charge >= 0.3 is 11.8 Å². The number of cyclic esters (lactones) is 1. The Morgan fingerprint density at radius 2 is 2.29 bits per heavy atom. The SMILES string of the molecule is Cc1ncc([N+](=O)[O-])n1CCOC1OC(=O)c2cccc(C=O)c21. The first-order valence-corrected chi connectivity index (χ1v) is 7.10. The number of carbonyl (C=O) groups is 2. The molecule has 0 amide bonds. The Kier molecular flexibility index (Phi) is 4.09. The van der Waals surface area contributed by atoms with Gasteiger partial charge in [0, 0.05) is 18.1 Å². The van der Waals surface area contributed by atoms with Crippen molar-refractivity contribution in [3.63, 3.8) is 0 Å². The molecule has 1 aliphatic rings. The number of nitro groups is 1. The van der Waals surface area contributed by atoms with Crippen LogP contribution in [0.4, 0.5) is 5.82 Å². The lowest BCUT2D eigenvalue weighted by Crippen LogP contribution is -2.13. The molecule has 0 radical (unpaired) electrons. The van der Waals surface area contributed by atoms with Crippen LogP contribution in [0.3, 0.4) is 0 Å². The third kappa shape index (κ3) is 2.65. The molecule has 1 atom stereocenters. The zero-order chi connectivity index (χ0) is 17.3. The number of aryl methyl sites for hydroxylation is 1. The molecule has 2 aromatic rings. The molecular formula is C15H13N3O6. The second-order valence-corrected chi connectivity index (χ2v) is 5.11. The Labute approximate surface area is 136 Å². The summed E-state index contributed by atoms with van der Waals surface area (Å²) in [6.07, 6.45) is 0.795. The van der Waals surface area contributed by atoms with E-state index in [0.29, 0.717) is 23.2 Å². The number of rotatable bonds is 6. The van der Waals surface area contributed by atoms with Crippen LogP contribution in [0.1, 0.15) is 38.4 Å². The first-order valence-electron chi connectivity index (χ1n) is 7.10. The van der Waals surface area contributed by atoms with Crippen molar-refractivity contribution in [2.75, 3.05) is 6.61 Å². The van der Waals surface area contributed by atoms with E-state index in [2.05, 4.69) is 4.98 Å². The molecule has 3 rings (SSSR count). The molecule has 0 spiro atoms. The minimum Gasteiger partial charge on any atom is -0.428 e. The number of benzene rings is 1. The van der Waals surface area contributed by atoms with E-state index in [9.17, 15) is 19.7 Å². The van der Waals surface area contributed by atoms with Crippen molar-refractivity contribution >= 4 is 18.1 Å². The molecule has 0 aliphatic carbocycles. The first kappa shape index (κ1) is 15.8. The Hall–Kier alpha value is -3.07. The van der Waals surface area contributed by atoms with E-state index in [1.54, 1.807) is 25.1 Å². The van der Waals surface area contributed by atoms with Crippen LogP contribution >= 0.6 is 0 Å². The highest BCUT2D eigenvalue weighted by molar-refractivity contribution is 5.97. The summed E-state index contributed by atoms with van der Waals surface area (Å²) in [6, 6.07) is 4.71. The number of hydrogen-bond acceptors (Lipinski definition) is 7. The lowest BCUT2D eigenvalue weighted by Gasteiger charge is -2.13. The van der Waals surface area contributed by atoms with Crippen molar-refractivity contribution in [2.24, 2.45) is 0 Å². The second kappa shape index (κ2) is 6.20. The van der Waals surface area contributed by atoms with Crippen LogP contribution in [0.2, 0.25) is 0 Å². The van der Waals surface area contributed by atoms with Crippen LogP contribution in [0, 0.1) is 17.0 Å². The van der Waals surface area contributed by atoms with Crippen molar-refractivity contribution in [3.8, 4) is 0 Å². The smallest absolute Gasteiger partial charge is 0.342 e. The molecule has 1 aromatic carbocycles. The fourth-order valence-corrected chi connectivity index (χ4v) is 2.59. The number of ether oxygens (including phenoxy) is 2. The molecule has 0 bridgehead atoms. The van der Waals surface area contributed by atoms with Crippen LogP contribution in [0.5, 0.6) is 0 Å². The van der Waals surface area contributed by atoms with Gasteiger partial charge in [0.2, 0.25) is 6.29 Å². The number of nitrogens with zero attached hydrogens (tertiary/aromatic N) is 3. The Morgan fingerprint density at radius 3 is 3.00 bits per heavy atom. The molecule has 9 nitrogen and oxygen atoms in total. The first-order chi connectivity index (χ1) is 11.5. The van der Waals surface area contributed by atoms with E-state index in [4.69, 9.17) is 9.47 Å². The largest absolute Gasteiger partial charge is 0.428 e. The second-order valence-electron chi connectivity index (χ2n) is 5.11. The van der Waals surface area contributed by atoms with Gasteiger partial charge in [-0.05, 0) is 11.0 Å². The quantitative estimate of drug-likeness (QED) is 0.343. The zero-order valence-corrected chi connectivity index (χ0v) is 12.7. The van der Waals surface area contributed by atoms with Crippen molar-refractivity contribution in [2.45, 2.75) is 19.8 Å². The van der Waals surface area contributed by atoms with Crippen molar-refractivity contribution in [3.05, 3.63) is 57.0 Å². The zero-order valence-electron chi connectivity index (χ0n) is 12.7. The molecule has 0 saturated heterocycles. The van der Waals surface area contributed by atoms with Crippen LogP contribution in [-0.2, 0) is 16.0 Å². The van der Waals surface area contributed by atoms with Crippen LogP contribution in [-0.4, -0.2) is 33.3 Å². The van der Waals surface area contributed by atoms with Crippen molar-refractivity contribution in [1.82, 2.24) is 9.55 Å². The number of hydrogen-bond donors (Lipinski definition) is 0. The van der Waals surface area contributed by atoms with E-state index >= 15 is 0 Å². The number of fused-ring (bicyclic) bond motifs is 1. The summed E-state index contributed by atoms with van der Waals surface area (Å²) in [5.74, 6) is -0.236. The predicted molar refractivity (Wildman–Crippen MR) is 79.6 cm³/mol. The van der Waals surface area contributed by atoms with Gasteiger partial charge in [0.15, 0.2) is 12.1 Å². The lowest BCUT2D eigenvalue weighted by molar-refractivity contribution is -0.392. The fourth-order valence-electron chi connectivity index (χ4n) is 2.59. The Balaban J connectivity index is 1.74. The monoisotopic (exact) mass is 331 g/mol. The fraction of sp³-hybridized carbons (Fsp3) is 0.267. The Morgan fingerprint density at radius 1 is 1.50 bits per heavy atom.